The molecule has 0 saturated carbocycles. The maximum Gasteiger partial charge on any atom is 0.217 e. The summed E-state index contributed by atoms with van der Waals surface area (Å²) in [5.41, 5.74) is 3.58. The lowest BCUT2D eigenvalue weighted by Crippen LogP contribution is -2.23. The zero-order chi connectivity index (χ0) is 12.3. The van der Waals surface area contributed by atoms with Gasteiger partial charge in [-0.05, 0) is 40.4 Å². The molecule has 1 amide bonds. The number of benzene rings is 1. The molecule has 2 nitrogen and oxygen atoms in total. The molecule has 0 spiro atoms. The van der Waals surface area contributed by atoms with Crippen molar-refractivity contribution in [2.24, 2.45) is 0 Å². The van der Waals surface area contributed by atoms with Gasteiger partial charge < -0.3 is 5.32 Å². The van der Waals surface area contributed by atoms with Gasteiger partial charge in [0.2, 0.25) is 5.91 Å². The van der Waals surface area contributed by atoms with Crippen LogP contribution in [0.5, 0.6) is 0 Å². The predicted molar refractivity (Wildman–Crippen MR) is 72.0 cm³/mol. The minimum atomic E-state index is -0.000545. The monoisotopic (exact) mass is 245 g/mol. The van der Waals surface area contributed by atoms with E-state index in [-0.39, 0.29) is 11.9 Å². The molecule has 1 aromatic heterocycles. The van der Waals surface area contributed by atoms with E-state index in [1.165, 1.54) is 18.1 Å². The summed E-state index contributed by atoms with van der Waals surface area (Å²) in [5.74, 6) is -0.000545. The summed E-state index contributed by atoms with van der Waals surface area (Å²) in [7, 11) is 0. The topological polar surface area (TPSA) is 29.1 Å². The van der Waals surface area contributed by atoms with Crippen LogP contribution in [0.4, 0.5) is 0 Å². The molecule has 0 bridgehead atoms. The smallest absolute Gasteiger partial charge is 0.217 e. The lowest BCUT2D eigenvalue weighted by atomic mass is 10.0. The lowest BCUT2D eigenvalue weighted by molar-refractivity contribution is -0.119. The zero-order valence-electron chi connectivity index (χ0n) is 9.94. The van der Waals surface area contributed by atoms with Gasteiger partial charge in [-0.2, -0.15) is 11.3 Å². The van der Waals surface area contributed by atoms with Gasteiger partial charge in [0.15, 0.2) is 0 Å². The molecule has 17 heavy (non-hydrogen) atoms. The summed E-state index contributed by atoms with van der Waals surface area (Å²) in [5, 5.41) is 7.08. The van der Waals surface area contributed by atoms with Crippen molar-refractivity contribution >= 4 is 17.2 Å². The molecule has 3 heteroatoms. The van der Waals surface area contributed by atoms with Crippen molar-refractivity contribution in [1.82, 2.24) is 5.32 Å². The number of thiophene rings is 1. The molecule has 0 aliphatic rings. The number of hydrogen-bond acceptors (Lipinski definition) is 2. The fourth-order valence-corrected chi connectivity index (χ4v) is 2.45. The summed E-state index contributed by atoms with van der Waals surface area (Å²) in [6, 6.07) is 10.5. The van der Waals surface area contributed by atoms with Gasteiger partial charge in [-0.1, -0.05) is 24.3 Å². The second kappa shape index (κ2) is 5.15. The molecule has 1 aromatic carbocycles. The third kappa shape index (κ3) is 2.94. The van der Waals surface area contributed by atoms with Gasteiger partial charge in [-0.3, -0.25) is 4.79 Å². The number of amides is 1. The quantitative estimate of drug-likeness (QED) is 0.879. The van der Waals surface area contributed by atoms with Crippen LogP contribution in [-0.4, -0.2) is 5.91 Å². The summed E-state index contributed by atoms with van der Waals surface area (Å²) in [6.07, 6.45) is 0. The van der Waals surface area contributed by atoms with Crippen LogP contribution in [0, 0.1) is 0 Å². The Morgan fingerprint density at radius 1 is 1.18 bits per heavy atom. The maximum atomic E-state index is 11.0. The number of hydrogen-bond donors (Lipinski definition) is 1. The first-order valence-electron chi connectivity index (χ1n) is 5.56. The molecule has 2 aromatic rings. The largest absolute Gasteiger partial charge is 0.350 e. The van der Waals surface area contributed by atoms with Crippen molar-refractivity contribution in [3.05, 3.63) is 46.7 Å². The molecule has 88 valence electrons. The molecule has 0 saturated heterocycles. The van der Waals surface area contributed by atoms with E-state index in [2.05, 4.69) is 46.4 Å². The fraction of sp³-hybridized carbons (Fsp3) is 0.214. The van der Waals surface area contributed by atoms with Crippen molar-refractivity contribution in [2.45, 2.75) is 19.9 Å². The maximum absolute atomic E-state index is 11.0. The zero-order valence-corrected chi connectivity index (χ0v) is 10.8. The normalized spacial score (nSPS) is 12.1. The van der Waals surface area contributed by atoms with E-state index in [1.54, 1.807) is 11.3 Å². The van der Waals surface area contributed by atoms with Crippen molar-refractivity contribution in [3.8, 4) is 11.1 Å². The molecule has 0 aliphatic carbocycles. The van der Waals surface area contributed by atoms with Crippen LogP contribution < -0.4 is 5.32 Å². The van der Waals surface area contributed by atoms with Gasteiger partial charge in [0.1, 0.15) is 0 Å². The van der Waals surface area contributed by atoms with Crippen LogP contribution in [0.2, 0.25) is 0 Å². The Balaban J connectivity index is 2.15. The Bertz CT molecular complexity index is 487. The van der Waals surface area contributed by atoms with Gasteiger partial charge in [0, 0.05) is 6.92 Å². The number of nitrogens with one attached hydrogen (secondary N) is 1. The second-order valence-electron chi connectivity index (χ2n) is 4.06. The van der Waals surface area contributed by atoms with E-state index in [0.717, 1.165) is 5.56 Å². The molecule has 2 rings (SSSR count). The van der Waals surface area contributed by atoms with E-state index in [0.29, 0.717) is 0 Å². The molecular formula is C14H15NOS. The van der Waals surface area contributed by atoms with E-state index < -0.39 is 0 Å². The highest BCUT2D eigenvalue weighted by atomic mass is 32.1. The SMILES string of the molecule is CC(=O)NC(C)c1ccc(-c2ccsc2)cc1. The summed E-state index contributed by atoms with van der Waals surface area (Å²) >= 11 is 1.70. The summed E-state index contributed by atoms with van der Waals surface area (Å²) in [4.78, 5) is 11.0. The van der Waals surface area contributed by atoms with Crippen LogP contribution in [-0.2, 0) is 4.79 Å². The summed E-state index contributed by atoms with van der Waals surface area (Å²) < 4.78 is 0. The molecular weight excluding hydrogens is 230 g/mol. The molecule has 1 heterocycles. The molecule has 0 aliphatic heterocycles. The Hall–Kier alpha value is -1.61. The van der Waals surface area contributed by atoms with Gasteiger partial charge in [-0.25, -0.2) is 0 Å². The molecule has 0 fully saturated rings. The van der Waals surface area contributed by atoms with Crippen LogP contribution in [0.25, 0.3) is 11.1 Å². The average molecular weight is 245 g/mol. The van der Waals surface area contributed by atoms with Crippen molar-refractivity contribution in [3.63, 3.8) is 0 Å². The highest BCUT2D eigenvalue weighted by Gasteiger charge is 2.06. The first-order valence-corrected chi connectivity index (χ1v) is 6.51. The van der Waals surface area contributed by atoms with Crippen molar-refractivity contribution < 1.29 is 4.79 Å². The first kappa shape index (κ1) is 11.9. The van der Waals surface area contributed by atoms with Crippen LogP contribution in [0.1, 0.15) is 25.5 Å². The first-order chi connectivity index (χ1) is 8.16. The van der Waals surface area contributed by atoms with E-state index in [9.17, 15) is 4.79 Å². The third-order valence-electron chi connectivity index (χ3n) is 2.68. The molecule has 1 unspecified atom stereocenters. The van der Waals surface area contributed by atoms with E-state index in [4.69, 9.17) is 0 Å². The molecule has 1 N–H and O–H groups in total. The minimum absolute atomic E-state index is 0.000545. The van der Waals surface area contributed by atoms with Gasteiger partial charge in [-0.15, -0.1) is 0 Å². The fourth-order valence-electron chi connectivity index (χ4n) is 1.78. The second-order valence-corrected chi connectivity index (χ2v) is 4.84. The lowest BCUT2D eigenvalue weighted by Gasteiger charge is -2.13. The number of carbonyl (C=O) groups excluding carboxylic acids is 1. The number of rotatable bonds is 3. The van der Waals surface area contributed by atoms with Gasteiger partial charge in [0.05, 0.1) is 6.04 Å². The number of carbonyl (C=O) groups is 1. The van der Waals surface area contributed by atoms with E-state index >= 15 is 0 Å². The Kier molecular flexibility index (Phi) is 3.59. The standard InChI is InChI=1S/C14H15NOS/c1-10(15-11(2)16)12-3-5-13(6-4-12)14-7-8-17-9-14/h3-10H,1-2H3,(H,15,16). The average Bonchev–Trinajstić information content (AvgIpc) is 2.82. The predicted octanol–water partition coefficient (Wildman–Crippen LogP) is 3.61. The minimum Gasteiger partial charge on any atom is -0.350 e. The Morgan fingerprint density at radius 2 is 1.88 bits per heavy atom. The van der Waals surface area contributed by atoms with Crippen LogP contribution in [0.15, 0.2) is 41.1 Å². The van der Waals surface area contributed by atoms with Crippen molar-refractivity contribution in [1.29, 1.82) is 0 Å². The van der Waals surface area contributed by atoms with E-state index in [1.807, 2.05) is 6.92 Å². The van der Waals surface area contributed by atoms with Gasteiger partial charge >= 0.3 is 0 Å². The Morgan fingerprint density at radius 3 is 2.41 bits per heavy atom. The van der Waals surface area contributed by atoms with Crippen LogP contribution >= 0.6 is 11.3 Å². The molecule has 0 radical (unpaired) electrons. The van der Waals surface area contributed by atoms with Crippen molar-refractivity contribution in [2.75, 3.05) is 0 Å². The summed E-state index contributed by atoms with van der Waals surface area (Å²) in [6.45, 7) is 3.53. The highest BCUT2D eigenvalue weighted by molar-refractivity contribution is 7.08. The third-order valence-corrected chi connectivity index (χ3v) is 3.37. The Labute approximate surface area is 105 Å². The van der Waals surface area contributed by atoms with Gasteiger partial charge in [0.25, 0.3) is 0 Å². The highest BCUT2D eigenvalue weighted by Crippen LogP contribution is 2.23. The molecule has 1 atom stereocenters. The van der Waals surface area contributed by atoms with Crippen LogP contribution in [0.3, 0.4) is 0 Å².